The standard InChI is InChI=1S/C9H16N2O3S/c1-6(10)2-3-8(12)11-5-15-4-7(11)9(13)14/h6-7H,2-5,10H2,1H3,(H,13,14). The molecule has 0 saturated carbocycles. The molecule has 1 saturated heterocycles. The topological polar surface area (TPSA) is 83.6 Å². The van der Waals surface area contributed by atoms with Crippen LogP contribution in [-0.4, -0.2) is 45.6 Å². The van der Waals surface area contributed by atoms with Gasteiger partial charge >= 0.3 is 5.97 Å². The zero-order valence-corrected chi connectivity index (χ0v) is 9.50. The van der Waals surface area contributed by atoms with E-state index < -0.39 is 12.0 Å². The van der Waals surface area contributed by atoms with Gasteiger partial charge in [-0.3, -0.25) is 4.79 Å². The number of rotatable bonds is 4. The molecule has 0 aromatic carbocycles. The number of amides is 1. The van der Waals surface area contributed by atoms with E-state index in [4.69, 9.17) is 10.8 Å². The number of hydrogen-bond donors (Lipinski definition) is 2. The van der Waals surface area contributed by atoms with Crippen LogP contribution < -0.4 is 5.73 Å². The molecule has 0 radical (unpaired) electrons. The van der Waals surface area contributed by atoms with Crippen LogP contribution in [0.25, 0.3) is 0 Å². The first kappa shape index (κ1) is 12.3. The van der Waals surface area contributed by atoms with Crippen LogP contribution in [0.15, 0.2) is 0 Å². The van der Waals surface area contributed by atoms with Gasteiger partial charge in [0.05, 0.1) is 5.88 Å². The van der Waals surface area contributed by atoms with E-state index in [0.29, 0.717) is 24.5 Å². The molecule has 15 heavy (non-hydrogen) atoms. The quantitative estimate of drug-likeness (QED) is 0.718. The fourth-order valence-electron chi connectivity index (χ4n) is 1.39. The maximum absolute atomic E-state index is 11.7. The summed E-state index contributed by atoms with van der Waals surface area (Å²) in [6.45, 7) is 1.83. The molecule has 86 valence electrons. The molecule has 1 heterocycles. The Balaban J connectivity index is 2.47. The molecule has 5 nitrogen and oxygen atoms in total. The Labute approximate surface area is 93.0 Å². The molecule has 1 amide bonds. The minimum Gasteiger partial charge on any atom is -0.480 e. The first-order valence-corrected chi connectivity index (χ1v) is 6.03. The molecule has 0 aliphatic carbocycles. The van der Waals surface area contributed by atoms with Gasteiger partial charge in [0.2, 0.25) is 5.91 Å². The SMILES string of the molecule is CC(N)CCC(=O)N1CSCC1C(=O)O. The molecule has 0 bridgehead atoms. The normalized spacial score (nSPS) is 22.8. The molecular formula is C9H16N2O3S. The molecule has 0 aromatic heterocycles. The van der Waals surface area contributed by atoms with Gasteiger partial charge in [-0.1, -0.05) is 0 Å². The Bertz CT molecular complexity index is 258. The second-order valence-electron chi connectivity index (χ2n) is 3.73. The second-order valence-corrected chi connectivity index (χ2v) is 4.73. The maximum atomic E-state index is 11.7. The molecule has 1 aliphatic rings. The molecular weight excluding hydrogens is 216 g/mol. The molecule has 3 N–H and O–H groups in total. The highest BCUT2D eigenvalue weighted by Gasteiger charge is 2.33. The summed E-state index contributed by atoms with van der Waals surface area (Å²) in [5, 5.41) is 8.88. The number of nitrogens with zero attached hydrogens (tertiary/aromatic N) is 1. The van der Waals surface area contributed by atoms with Gasteiger partial charge in [-0.15, -0.1) is 11.8 Å². The van der Waals surface area contributed by atoms with Crippen LogP contribution in [0, 0.1) is 0 Å². The lowest BCUT2D eigenvalue weighted by atomic mass is 10.1. The number of carbonyl (C=O) groups excluding carboxylic acids is 1. The summed E-state index contributed by atoms with van der Waals surface area (Å²) >= 11 is 1.47. The summed E-state index contributed by atoms with van der Waals surface area (Å²) < 4.78 is 0. The highest BCUT2D eigenvalue weighted by molar-refractivity contribution is 7.99. The minimum absolute atomic E-state index is 0.0208. The van der Waals surface area contributed by atoms with Crippen molar-refractivity contribution in [1.29, 1.82) is 0 Å². The summed E-state index contributed by atoms with van der Waals surface area (Å²) in [7, 11) is 0. The highest BCUT2D eigenvalue weighted by atomic mass is 32.2. The third-order valence-electron chi connectivity index (χ3n) is 2.30. The lowest BCUT2D eigenvalue weighted by Gasteiger charge is -2.20. The number of hydrogen-bond acceptors (Lipinski definition) is 4. The summed E-state index contributed by atoms with van der Waals surface area (Å²) in [4.78, 5) is 23.9. The molecule has 1 aliphatic heterocycles. The molecule has 1 fully saturated rings. The van der Waals surface area contributed by atoms with Gasteiger partial charge in [0, 0.05) is 18.2 Å². The van der Waals surface area contributed by atoms with Crippen LogP contribution in [0.3, 0.4) is 0 Å². The van der Waals surface area contributed by atoms with Gasteiger partial charge in [-0.05, 0) is 13.3 Å². The molecule has 0 aromatic rings. The Morgan fingerprint density at radius 2 is 2.33 bits per heavy atom. The third kappa shape index (κ3) is 3.39. The molecule has 6 heteroatoms. The number of carbonyl (C=O) groups is 2. The summed E-state index contributed by atoms with van der Waals surface area (Å²) in [5.74, 6) is -0.0626. The summed E-state index contributed by atoms with van der Waals surface area (Å²) in [5.41, 5.74) is 5.54. The van der Waals surface area contributed by atoms with Gasteiger partial charge in [-0.25, -0.2) is 4.79 Å². The Morgan fingerprint density at radius 1 is 1.67 bits per heavy atom. The lowest BCUT2D eigenvalue weighted by molar-refractivity contribution is -0.147. The largest absolute Gasteiger partial charge is 0.480 e. The van der Waals surface area contributed by atoms with Crippen molar-refractivity contribution in [1.82, 2.24) is 4.90 Å². The smallest absolute Gasteiger partial charge is 0.327 e. The Morgan fingerprint density at radius 3 is 2.87 bits per heavy atom. The molecule has 1 rings (SSSR count). The van der Waals surface area contributed by atoms with Crippen molar-refractivity contribution in [2.75, 3.05) is 11.6 Å². The van der Waals surface area contributed by atoms with Crippen LogP contribution in [0.1, 0.15) is 19.8 Å². The van der Waals surface area contributed by atoms with Crippen molar-refractivity contribution in [3.05, 3.63) is 0 Å². The summed E-state index contributed by atoms with van der Waals surface area (Å²) in [6, 6.07) is -0.678. The molecule has 0 spiro atoms. The number of carboxylic acid groups (broad SMARTS) is 1. The predicted molar refractivity (Wildman–Crippen MR) is 58.5 cm³/mol. The Hall–Kier alpha value is -0.750. The van der Waals surface area contributed by atoms with E-state index >= 15 is 0 Å². The molecule has 2 atom stereocenters. The van der Waals surface area contributed by atoms with Crippen LogP contribution in [0.4, 0.5) is 0 Å². The van der Waals surface area contributed by atoms with Crippen LogP contribution in [0.5, 0.6) is 0 Å². The second kappa shape index (κ2) is 5.37. The van der Waals surface area contributed by atoms with Crippen LogP contribution >= 0.6 is 11.8 Å². The van der Waals surface area contributed by atoms with Gasteiger partial charge in [0.15, 0.2) is 0 Å². The number of aliphatic carboxylic acids is 1. The van der Waals surface area contributed by atoms with E-state index in [-0.39, 0.29) is 11.9 Å². The van der Waals surface area contributed by atoms with Gasteiger partial charge in [0.25, 0.3) is 0 Å². The zero-order chi connectivity index (χ0) is 11.4. The first-order chi connectivity index (χ1) is 7.02. The highest BCUT2D eigenvalue weighted by Crippen LogP contribution is 2.22. The average molecular weight is 232 g/mol. The zero-order valence-electron chi connectivity index (χ0n) is 8.68. The predicted octanol–water partition coefficient (Wildman–Crippen LogP) is 0.0999. The lowest BCUT2D eigenvalue weighted by Crippen LogP contribution is -2.42. The van der Waals surface area contributed by atoms with E-state index in [2.05, 4.69) is 0 Å². The van der Waals surface area contributed by atoms with Gasteiger partial charge in [0.1, 0.15) is 6.04 Å². The van der Waals surface area contributed by atoms with Crippen molar-refractivity contribution >= 4 is 23.6 Å². The van der Waals surface area contributed by atoms with Crippen LogP contribution in [-0.2, 0) is 9.59 Å². The number of thioether (sulfide) groups is 1. The van der Waals surface area contributed by atoms with E-state index in [1.54, 1.807) is 0 Å². The van der Waals surface area contributed by atoms with Crippen molar-refractivity contribution in [3.8, 4) is 0 Å². The van der Waals surface area contributed by atoms with Gasteiger partial charge in [-0.2, -0.15) is 0 Å². The van der Waals surface area contributed by atoms with E-state index in [1.807, 2.05) is 6.92 Å². The number of carboxylic acids is 1. The summed E-state index contributed by atoms with van der Waals surface area (Å²) in [6.07, 6.45) is 0.939. The van der Waals surface area contributed by atoms with Crippen molar-refractivity contribution in [3.63, 3.8) is 0 Å². The fraction of sp³-hybridized carbons (Fsp3) is 0.778. The fourth-order valence-corrected chi connectivity index (χ4v) is 2.56. The first-order valence-electron chi connectivity index (χ1n) is 4.88. The van der Waals surface area contributed by atoms with E-state index in [1.165, 1.54) is 16.7 Å². The Kier molecular flexibility index (Phi) is 4.41. The number of nitrogens with two attached hydrogens (primary N) is 1. The minimum atomic E-state index is -0.922. The monoisotopic (exact) mass is 232 g/mol. The van der Waals surface area contributed by atoms with E-state index in [0.717, 1.165) is 0 Å². The molecule has 2 unspecified atom stereocenters. The maximum Gasteiger partial charge on any atom is 0.327 e. The van der Waals surface area contributed by atoms with Crippen molar-refractivity contribution in [2.24, 2.45) is 5.73 Å². The van der Waals surface area contributed by atoms with Gasteiger partial charge < -0.3 is 15.7 Å². The van der Waals surface area contributed by atoms with E-state index in [9.17, 15) is 9.59 Å². The van der Waals surface area contributed by atoms with Crippen LogP contribution in [0.2, 0.25) is 0 Å². The average Bonchev–Trinajstić information content (AvgIpc) is 2.62. The van der Waals surface area contributed by atoms with Crippen molar-refractivity contribution in [2.45, 2.75) is 31.8 Å². The van der Waals surface area contributed by atoms with Crippen molar-refractivity contribution < 1.29 is 14.7 Å². The third-order valence-corrected chi connectivity index (χ3v) is 3.31.